The number of rotatable bonds is 10. The molecule has 0 spiro atoms. The zero-order chi connectivity index (χ0) is 23.2. The van der Waals surface area contributed by atoms with Crippen LogP contribution in [0.3, 0.4) is 0 Å². The van der Waals surface area contributed by atoms with Crippen LogP contribution in [0.5, 0.6) is 11.5 Å². The Hall–Kier alpha value is -3.24. The van der Waals surface area contributed by atoms with Crippen LogP contribution in [0.15, 0.2) is 46.2 Å². The van der Waals surface area contributed by atoms with Crippen molar-refractivity contribution in [3.05, 3.63) is 42.0 Å². The molecule has 0 unspecified atom stereocenters. The summed E-state index contributed by atoms with van der Waals surface area (Å²) in [5, 5.41) is 0. The fourth-order valence-corrected chi connectivity index (χ4v) is 3.90. The second-order valence-corrected chi connectivity index (χ2v) is 8.89. The minimum atomic E-state index is -4.37. The summed E-state index contributed by atoms with van der Waals surface area (Å²) in [5.41, 5.74) is 6.47. The van der Waals surface area contributed by atoms with Gasteiger partial charge >= 0.3 is 10.1 Å². The maximum Gasteiger partial charge on any atom is 0.300 e. The molecule has 2 aromatic rings. The molecule has 0 fully saturated rings. The predicted molar refractivity (Wildman–Crippen MR) is 106 cm³/mol. The molecule has 0 radical (unpaired) electrons. The molecule has 0 atom stereocenters. The third kappa shape index (κ3) is 5.47. The maximum atomic E-state index is 12.3. The lowest BCUT2D eigenvalue weighted by Crippen LogP contribution is -2.30. The van der Waals surface area contributed by atoms with Crippen molar-refractivity contribution in [1.29, 1.82) is 0 Å². The van der Waals surface area contributed by atoms with Crippen LogP contribution in [-0.4, -0.2) is 43.4 Å². The smallest absolute Gasteiger partial charge is 0.300 e. The van der Waals surface area contributed by atoms with Crippen molar-refractivity contribution in [1.82, 2.24) is 10.9 Å². The van der Waals surface area contributed by atoms with Crippen molar-refractivity contribution in [2.75, 3.05) is 19.6 Å². The number of nitrogens with one attached hydrogen (secondary N) is 3. The Morgan fingerprint density at radius 1 is 0.935 bits per heavy atom. The quantitative estimate of drug-likeness (QED) is 0.117. The van der Waals surface area contributed by atoms with Gasteiger partial charge in [-0.05, 0) is 36.4 Å². The molecule has 2 amide bonds. The van der Waals surface area contributed by atoms with Gasteiger partial charge in [0.15, 0.2) is 0 Å². The highest BCUT2D eigenvalue weighted by Crippen LogP contribution is 2.36. The first kappa shape index (κ1) is 24.0. The highest BCUT2D eigenvalue weighted by Gasteiger charge is 2.25. The van der Waals surface area contributed by atoms with Crippen LogP contribution in [-0.2, 0) is 33.4 Å². The molecule has 0 aliphatic heterocycles. The zero-order valence-electron chi connectivity index (χ0n) is 16.1. The van der Waals surface area contributed by atoms with E-state index >= 15 is 0 Å². The molecule has 5 N–H and O–H groups in total. The number of amides is 2. The first-order valence-electron chi connectivity index (χ1n) is 8.13. The third-order valence-corrected chi connectivity index (χ3v) is 6.35. The zero-order valence-corrected chi connectivity index (χ0v) is 17.7. The lowest BCUT2D eigenvalue weighted by molar-refractivity contribution is -0.109. The van der Waals surface area contributed by atoms with E-state index in [1.54, 1.807) is 0 Å². The monoisotopic (exact) mass is 474 g/mol. The minimum absolute atomic E-state index is 0.116. The molecule has 0 aliphatic rings. The number of hydrogen-bond acceptors (Lipinski definition) is 11. The summed E-state index contributed by atoms with van der Waals surface area (Å²) in [6, 6.07) is 6.92. The van der Waals surface area contributed by atoms with Crippen molar-refractivity contribution >= 4 is 38.2 Å². The molecule has 2 aromatic carbocycles. The average molecular weight is 474 g/mol. The van der Waals surface area contributed by atoms with Crippen LogP contribution in [0.1, 0.15) is 10.4 Å². The highest BCUT2D eigenvalue weighted by atomic mass is 32.2. The minimum Gasteiger partial charge on any atom is -0.454 e. The third-order valence-electron chi connectivity index (χ3n) is 3.75. The van der Waals surface area contributed by atoms with Crippen molar-refractivity contribution < 1.29 is 39.5 Å². The normalized spacial score (nSPS) is 11.5. The molecule has 15 heteroatoms. The van der Waals surface area contributed by atoms with E-state index in [1.807, 2.05) is 5.43 Å². The maximum absolute atomic E-state index is 12.3. The Kier molecular flexibility index (Phi) is 7.53. The van der Waals surface area contributed by atoms with Crippen LogP contribution in [0.25, 0.3) is 0 Å². The molecule has 168 valence electrons. The van der Waals surface area contributed by atoms with Gasteiger partial charge in [0.25, 0.3) is 16.0 Å². The number of hydrazine groups is 2. The van der Waals surface area contributed by atoms with E-state index in [1.165, 1.54) is 18.2 Å². The number of carbonyl (C=O) groups is 2. The van der Waals surface area contributed by atoms with Crippen molar-refractivity contribution in [2.24, 2.45) is 5.84 Å². The van der Waals surface area contributed by atoms with E-state index in [4.69, 9.17) is 10.6 Å². The number of carbonyl (C=O) groups excluding carboxylic acids is 2. The van der Waals surface area contributed by atoms with Crippen LogP contribution in [0, 0.1) is 0 Å². The van der Waals surface area contributed by atoms with Gasteiger partial charge in [0.2, 0.25) is 6.41 Å². The summed E-state index contributed by atoms with van der Waals surface area (Å²) in [5.74, 6) is 3.64. The summed E-state index contributed by atoms with van der Waals surface area (Å²) < 4.78 is 63.9. The molecular formula is C16H18N4O9S2. The summed E-state index contributed by atoms with van der Waals surface area (Å²) in [6.45, 7) is 0. The Bertz CT molecular complexity index is 1200. The second-order valence-electron chi connectivity index (χ2n) is 5.53. The van der Waals surface area contributed by atoms with Crippen molar-refractivity contribution in [3.8, 4) is 11.5 Å². The molecule has 13 nitrogen and oxygen atoms in total. The molecule has 31 heavy (non-hydrogen) atoms. The topological polar surface area (TPSA) is 192 Å². The van der Waals surface area contributed by atoms with Crippen molar-refractivity contribution in [3.63, 3.8) is 0 Å². The number of hydrogen-bond donors (Lipinski definition) is 4. The lowest BCUT2D eigenvalue weighted by Gasteiger charge is -2.15. The molecular weight excluding hydrogens is 456 g/mol. The predicted octanol–water partition coefficient (Wildman–Crippen LogP) is -0.174. The summed E-state index contributed by atoms with van der Waals surface area (Å²) in [4.78, 5) is 21.2. The Labute approximate surface area is 177 Å². The first-order valence-corrected chi connectivity index (χ1v) is 10.9. The first-order chi connectivity index (χ1) is 14.6. The van der Waals surface area contributed by atoms with E-state index < -0.39 is 35.9 Å². The van der Waals surface area contributed by atoms with Gasteiger partial charge in [0.05, 0.1) is 19.9 Å². The van der Waals surface area contributed by atoms with Gasteiger partial charge in [0.1, 0.15) is 21.3 Å². The number of anilines is 1. The molecule has 0 aromatic heterocycles. The highest BCUT2D eigenvalue weighted by molar-refractivity contribution is 7.87. The fraction of sp³-hybridized carbons (Fsp3) is 0.125. The Balaban J connectivity index is 2.64. The Morgan fingerprint density at radius 2 is 1.48 bits per heavy atom. The molecule has 0 heterocycles. The lowest BCUT2D eigenvalue weighted by atomic mass is 10.2. The van der Waals surface area contributed by atoms with E-state index in [9.17, 15) is 26.4 Å². The largest absolute Gasteiger partial charge is 0.454 e. The SMILES string of the molecule is COS(=O)(=O)c1cc(NNC=O)ccc1Oc1ccc(C(=O)NN)cc1S(=O)(=O)OC. The van der Waals surface area contributed by atoms with Crippen LogP contribution in [0.2, 0.25) is 0 Å². The average Bonchev–Trinajstić information content (AvgIpc) is 2.77. The van der Waals surface area contributed by atoms with Gasteiger partial charge in [-0.15, -0.1) is 0 Å². The Morgan fingerprint density at radius 3 is 2.00 bits per heavy atom. The number of benzene rings is 2. The second kappa shape index (κ2) is 9.71. The van der Waals surface area contributed by atoms with Gasteiger partial charge in [0, 0.05) is 5.56 Å². The molecule has 0 aliphatic carbocycles. The van der Waals surface area contributed by atoms with Crippen LogP contribution >= 0.6 is 0 Å². The molecule has 0 saturated heterocycles. The van der Waals surface area contributed by atoms with Crippen LogP contribution < -0.4 is 26.9 Å². The van der Waals surface area contributed by atoms with E-state index in [0.717, 1.165) is 32.4 Å². The number of nitrogen functional groups attached to an aromatic ring is 1. The molecule has 0 saturated carbocycles. The number of ether oxygens (including phenoxy) is 1. The van der Waals surface area contributed by atoms with Crippen molar-refractivity contribution in [2.45, 2.75) is 9.79 Å². The van der Waals surface area contributed by atoms with Crippen LogP contribution in [0.4, 0.5) is 5.69 Å². The van der Waals surface area contributed by atoms with Gasteiger partial charge in [-0.2, -0.15) is 16.8 Å². The standard InChI is InChI=1S/C16H18N4O9S2/c1-27-30(23,24)14-7-10(16(22)19-17)3-5-12(14)29-13-6-4-11(20-18-9-21)8-15(13)31(25,26)28-2/h3-9,20H,17H2,1-2H3,(H,18,21)(H,19,22). The summed E-state index contributed by atoms with van der Waals surface area (Å²) in [6.07, 6.45) is 0.329. The summed E-state index contributed by atoms with van der Waals surface area (Å²) >= 11 is 0. The number of nitrogens with two attached hydrogens (primary N) is 1. The van der Waals surface area contributed by atoms with Gasteiger partial charge in [-0.3, -0.25) is 34.2 Å². The van der Waals surface area contributed by atoms with Gasteiger partial charge < -0.3 is 4.74 Å². The van der Waals surface area contributed by atoms with E-state index in [-0.39, 0.29) is 22.7 Å². The van der Waals surface area contributed by atoms with Gasteiger partial charge in [-0.1, -0.05) is 0 Å². The summed E-state index contributed by atoms with van der Waals surface area (Å²) in [7, 11) is -6.87. The van der Waals surface area contributed by atoms with E-state index in [2.05, 4.69) is 19.2 Å². The van der Waals surface area contributed by atoms with Gasteiger partial charge in [-0.25, -0.2) is 5.84 Å². The fourth-order valence-electron chi connectivity index (χ4n) is 2.29. The molecule has 0 bridgehead atoms. The van der Waals surface area contributed by atoms with E-state index in [0.29, 0.717) is 6.41 Å². The molecule has 2 rings (SSSR count).